The van der Waals surface area contributed by atoms with Crippen molar-refractivity contribution in [1.29, 1.82) is 5.26 Å². The van der Waals surface area contributed by atoms with Crippen molar-refractivity contribution in [2.75, 3.05) is 32.0 Å². The molecule has 1 unspecified atom stereocenters. The number of nitrogens with zero attached hydrogens (tertiary/aromatic N) is 6. The number of carboxylic acids is 1. The molecule has 1 atom stereocenters. The number of carbonyl (C=O) groups is 2. The first-order valence-corrected chi connectivity index (χ1v) is 16.2. The molecule has 11 nitrogen and oxygen atoms in total. The summed E-state index contributed by atoms with van der Waals surface area (Å²) in [6.45, 7) is 5.26. The number of fused-ring (bicyclic) bond motifs is 2. The number of aromatic nitrogens is 3. The quantitative estimate of drug-likeness (QED) is 0.219. The highest BCUT2D eigenvalue weighted by molar-refractivity contribution is 6.36. The van der Waals surface area contributed by atoms with Gasteiger partial charge in [0, 0.05) is 56.5 Å². The van der Waals surface area contributed by atoms with E-state index >= 15 is 0 Å². The third-order valence-corrected chi connectivity index (χ3v) is 9.86. The largest absolute Gasteiger partial charge is 0.481 e. The number of amides is 1. The third kappa shape index (κ3) is 5.72. The molecule has 0 aliphatic carbocycles. The van der Waals surface area contributed by atoms with Crippen molar-refractivity contribution >= 4 is 40.3 Å². The van der Waals surface area contributed by atoms with Crippen LogP contribution >= 0.6 is 11.6 Å². The molecule has 4 heterocycles. The van der Waals surface area contributed by atoms with Crippen LogP contribution in [0.5, 0.6) is 0 Å². The highest BCUT2D eigenvalue weighted by atomic mass is 35.5. The number of oxazole rings is 1. The summed E-state index contributed by atoms with van der Waals surface area (Å²) in [5, 5.41) is 22.7. The van der Waals surface area contributed by atoms with Crippen molar-refractivity contribution in [3.8, 4) is 28.7 Å². The molecule has 0 radical (unpaired) electrons. The van der Waals surface area contributed by atoms with Gasteiger partial charge in [0.25, 0.3) is 5.91 Å². The van der Waals surface area contributed by atoms with Crippen molar-refractivity contribution in [3.05, 3.63) is 87.5 Å². The second kappa shape index (κ2) is 12.5. The Morgan fingerprint density at radius 1 is 1.10 bits per heavy atom. The number of nitriles is 1. The Morgan fingerprint density at radius 2 is 1.88 bits per heavy atom. The molecule has 1 fully saturated rings. The van der Waals surface area contributed by atoms with Gasteiger partial charge in [0.15, 0.2) is 11.4 Å². The summed E-state index contributed by atoms with van der Waals surface area (Å²) < 4.78 is 8.07. The lowest BCUT2D eigenvalue weighted by Gasteiger charge is -2.21. The molecule has 0 bridgehead atoms. The fraction of sp³-hybridized carbons (Fsp3) is 0.306. The van der Waals surface area contributed by atoms with Crippen LogP contribution < -0.4 is 5.32 Å². The molecule has 1 amide bonds. The molecule has 2 aliphatic rings. The maximum Gasteiger partial charge on any atom is 0.307 e. The van der Waals surface area contributed by atoms with Crippen LogP contribution in [0.1, 0.15) is 45.1 Å². The zero-order chi connectivity index (χ0) is 33.7. The van der Waals surface area contributed by atoms with Crippen molar-refractivity contribution in [1.82, 2.24) is 24.3 Å². The minimum Gasteiger partial charge on any atom is -0.481 e. The lowest BCUT2D eigenvalue weighted by Crippen LogP contribution is -2.27. The third-order valence-electron chi connectivity index (χ3n) is 9.45. The summed E-state index contributed by atoms with van der Waals surface area (Å²) in [6.07, 6.45) is 1.44. The van der Waals surface area contributed by atoms with Crippen LogP contribution in [0.3, 0.4) is 0 Å². The molecule has 0 saturated carbocycles. The second-order valence-corrected chi connectivity index (χ2v) is 13.0. The maximum atomic E-state index is 13.4. The normalized spacial score (nSPS) is 16.6. The molecule has 48 heavy (non-hydrogen) atoms. The first-order chi connectivity index (χ1) is 23.1. The van der Waals surface area contributed by atoms with Gasteiger partial charge in [-0.25, -0.2) is 9.97 Å². The number of likely N-dealkylation sites (N-methyl/N-ethyl adjacent to an activating group) is 1. The fourth-order valence-electron chi connectivity index (χ4n) is 6.85. The van der Waals surface area contributed by atoms with Gasteiger partial charge >= 0.3 is 5.97 Å². The number of rotatable bonds is 7. The molecule has 2 aliphatic heterocycles. The van der Waals surface area contributed by atoms with Gasteiger partial charge in [-0.2, -0.15) is 5.26 Å². The zero-order valence-corrected chi connectivity index (χ0v) is 27.6. The van der Waals surface area contributed by atoms with E-state index < -0.39 is 5.97 Å². The van der Waals surface area contributed by atoms with Gasteiger partial charge in [-0.3, -0.25) is 14.5 Å². The predicted octanol–water partition coefficient (Wildman–Crippen LogP) is 5.88. The van der Waals surface area contributed by atoms with Gasteiger partial charge in [0.1, 0.15) is 11.6 Å². The molecular weight excluding hydrogens is 630 g/mol. The Labute approximate surface area is 282 Å². The highest BCUT2D eigenvalue weighted by Crippen LogP contribution is 2.39. The summed E-state index contributed by atoms with van der Waals surface area (Å²) >= 11 is 6.96. The van der Waals surface area contributed by atoms with Gasteiger partial charge in [0.2, 0.25) is 5.89 Å². The number of aliphatic carboxylic acids is 1. The molecule has 0 spiro atoms. The summed E-state index contributed by atoms with van der Waals surface area (Å²) in [5.74, 6) is -0.773. The first-order valence-electron chi connectivity index (χ1n) is 15.8. The first kappa shape index (κ1) is 31.6. The van der Waals surface area contributed by atoms with Gasteiger partial charge in [-0.15, -0.1) is 0 Å². The lowest BCUT2D eigenvalue weighted by molar-refractivity contribution is -0.141. The number of halogens is 1. The number of carbonyl (C=O) groups excluding carboxylic acids is 1. The van der Waals surface area contributed by atoms with E-state index in [2.05, 4.69) is 26.2 Å². The van der Waals surface area contributed by atoms with E-state index in [1.165, 1.54) is 0 Å². The van der Waals surface area contributed by atoms with E-state index in [1.807, 2.05) is 62.0 Å². The maximum absolute atomic E-state index is 13.4. The molecule has 12 heteroatoms. The van der Waals surface area contributed by atoms with Crippen LogP contribution in [0.25, 0.3) is 33.7 Å². The molecule has 2 aromatic heterocycles. The summed E-state index contributed by atoms with van der Waals surface area (Å²) in [4.78, 5) is 38.5. The highest BCUT2D eigenvalue weighted by Gasteiger charge is 2.29. The predicted molar refractivity (Wildman–Crippen MR) is 182 cm³/mol. The van der Waals surface area contributed by atoms with E-state index in [4.69, 9.17) is 21.0 Å². The van der Waals surface area contributed by atoms with Crippen LogP contribution in [0.2, 0.25) is 5.02 Å². The molecule has 7 rings (SSSR count). The Morgan fingerprint density at radius 3 is 2.65 bits per heavy atom. The van der Waals surface area contributed by atoms with Crippen molar-refractivity contribution in [2.45, 2.75) is 32.9 Å². The van der Waals surface area contributed by atoms with Crippen LogP contribution in [0.15, 0.2) is 52.9 Å². The van der Waals surface area contributed by atoms with Crippen molar-refractivity contribution in [2.24, 2.45) is 13.0 Å². The number of imidazole rings is 1. The van der Waals surface area contributed by atoms with E-state index in [0.717, 1.165) is 52.2 Å². The fourth-order valence-corrected chi connectivity index (χ4v) is 7.13. The number of hydrogen-bond acceptors (Lipinski definition) is 8. The molecule has 5 aromatic rings. The van der Waals surface area contributed by atoms with E-state index in [1.54, 1.807) is 12.1 Å². The van der Waals surface area contributed by atoms with Gasteiger partial charge in [-0.05, 0) is 67.9 Å². The summed E-state index contributed by atoms with van der Waals surface area (Å²) in [7, 11) is 3.91. The van der Waals surface area contributed by atoms with Gasteiger partial charge in [0.05, 0.1) is 27.9 Å². The molecule has 1 saturated heterocycles. The number of hydrogen-bond donors (Lipinski definition) is 2. The van der Waals surface area contributed by atoms with Gasteiger partial charge in [-0.1, -0.05) is 35.9 Å². The van der Waals surface area contributed by atoms with Crippen LogP contribution in [0, 0.1) is 24.2 Å². The van der Waals surface area contributed by atoms with Crippen molar-refractivity contribution < 1.29 is 19.1 Å². The van der Waals surface area contributed by atoms with Gasteiger partial charge < -0.3 is 24.3 Å². The Hall–Kier alpha value is -5.02. The summed E-state index contributed by atoms with van der Waals surface area (Å²) in [6, 6.07) is 17.2. The van der Waals surface area contributed by atoms with E-state index in [0.29, 0.717) is 71.7 Å². The average molecular weight is 664 g/mol. The van der Waals surface area contributed by atoms with Crippen LogP contribution in [-0.2, 0) is 31.4 Å². The topological polar surface area (TPSA) is 141 Å². The molecular formula is C36H34ClN7O4. The zero-order valence-electron chi connectivity index (χ0n) is 26.9. The SMILES string of the molecule is Cc1c(-c2nc3cc(CN4CCC(C(=O)O)C4)cc(C#N)c3o2)cccc1-c1cccc(NC(=O)c2nc3c(n2C)CCN(C)C3)c1Cl. The lowest BCUT2D eigenvalue weighted by atomic mass is 9.96. The molecule has 244 valence electrons. The summed E-state index contributed by atoms with van der Waals surface area (Å²) in [5.41, 5.74) is 7.85. The standard InChI is InChI=1S/C36H34ClN7O4/c1-20-24(26-8-5-9-27(31(26)37)40-34(45)33-39-29-19-42(2)12-11-30(29)43(33)3)6-4-7-25(20)35-41-28-15-21(14-23(16-38)32(28)48-35)17-44-13-10-22(18-44)36(46)47/h4-9,14-15,22H,10-13,17-19H2,1-3H3,(H,40,45)(H,46,47). The second-order valence-electron chi connectivity index (χ2n) is 12.7. The Bertz CT molecular complexity index is 2150. The number of likely N-dealkylation sites (tertiary alicyclic amines) is 1. The van der Waals surface area contributed by atoms with E-state index in [9.17, 15) is 20.0 Å². The monoisotopic (exact) mass is 663 g/mol. The molecule has 3 aromatic carbocycles. The van der Waals surface area contributed by atoms with Crippen LogP contribution in [-0.4, -0.2) is 68.0 Å². The Kier molecular flexibility index (Phi) is 8.25. The van der Waals surface area contributed by atoms with E-state index in [-0.39, 0.29) is 11.8 Å². The van der Waals surface area contributed by atoms with Crippen LogP contribution in [0.4, 0.5) is 5.69 Å². The number of carboxylic acid groups (broad SMARTS) is 1. The number of nitrogens with one attached hydrogen (secondary N) is 1. The minimum atomic E-state index is -0.780. The van der Waals surface area contributed by atoms with Crippen molar-refractivity contribution in [3.63, 3.8) is 0 Å². The number of benzene rings is 3. The molecule has 2 N–H and O–H groups in total. The number of anilines is 1. The Balaban J connectivity index is 1.17. The minimum absolute atomic E-state index is 0.329. The average Bonchev–Trinajstić information content (AvgIpc) is 3.79. The smallest absolute Gasteiger partial charge is 0.307 e.